The Morgan fingerprint density at radius 1 is 0.962 bits per heavy atom. The Morgan fingerprint density at radius 2 is 1.58 bits per heavy atom. The summed E-state index contributed by atoms with van der Waals surface area (Å²) in [5.41, 5.74) is 1.63. The fourth-order valence-electron chi connectivity index (χ4n) is 3.95. The summed E-state index contributed by atoms with van der Waals surface area (Å²) in [6, 6.07) is 18.3. The van der Waals surface area contributed by atoms with Gasteiger partial charge in [-0.1, -0.05) is 54.6 Å². The molecule has 3 radical (unpaired) electrons. The van der Waals surface area contributed by atoms with E-state index in [1.54, 1.807) is 0 Å². The molecule has 1 atom stereocenters. The molecule has 3 saturated heterocycles. The first-order valence-electron chi connectivity index (χ1n) is 9.12. The normalized spacial score (nSPS) is 27.3. The molecular weight excluding hydrogens is 321 g/mol. The van der Waals surface area contributed by atoms with Gasteiger partial charge in [0.15, 0.2) is 0 Å². The Hall–Kier alpha value is -2.04. The van der Waals surface area contributed by atoms with E-state index in [-0.39, 0.29) is 8.41 Å². The maximum atomic E-state index is 10.9. The van der Waals surface area contributed by atoms with Crippen molar-refractivity contribution in [2.24, 2.45) is 5.92 Å². The first kappa shape index (κ1) is 18.7. The average molecular weight is 346 g/mol. The summed E-state index contributed by atoms with van der Waals surface area (Å²) in [5.74, 6) is 1.20. The van der Waals surface area contributed by atoms with Crippen LogP contribution in [0.1, 0.15) is 24.0 Å². The summed E-state index contributed by atoms with van der Waals surface area (Å²) in [5, 5.41) is 10.9. The summed E-state index contributed by atoms with van der Waals surface area (Å²) in [6.07, 6.45) is 6.37. The first-order chi connectivity index (χ1) is 12.2. The third kappa shape index (κ3) is 4.20. The van der Waals surface area contributed by atoms with Gasteiger partial charge in [-0.2, -0.15) is 0 Å². The zero-order chi connectivity index (χ0) is 17.1. The third-order valence-electron chi connectivity index (χ3n) is 5.48. The highest BCUT2D eigenvalue weighted by molar-refractivity contribution is 5.75. The quantitative estimate of drug-likeness (QED) is 0.666. The van der Waals surface area contributed by atoms with E-state index in [2.05, 4.69) is 41.3 Å². The second kappa shape index (κ2) is 8.11. The molecule has 3 aliphatic heterocycles. The molecule has 0 spiro atoms. The van der Waals surface area contributed by atoms with E-state index in [0.717, 1.165) is 43.8 Å². The van der Waals surface area contributed by atoms with Crippen molar-refractivity contribution in [2.75, 3.05) is 26.2 Å². The molecule has 2 bridgehead atoms. The largest absolute Gasteiger partial charge is 0.491 e. The van der Waals surface area contributed by atoms with E-state index in [0.29, 0.717) is 12.5 Å². The molecule has 3 nitrogen and oxygen atoms in total. The molecule has 0 aromatic heterocycles. The first-order valence-corrected chi connectivity index (χ1v) is 9.12. The highest BCUT2D eigenvalue weighted by Gasteiger charge is 2.45. The van der Waals surface area contributed by atoms with Gasteiger partial charge < -0.3 is 14.7 Å². The zero-order valence-corrected chi connectivity index (χ0v) is 15.1. The fraction of sp³-hybridized carbons (Fsp3) is 0.364. The van der Waals surface area contributed by atoms with E-state index in [4.69, 9.17) is 4.74 Å². The van der Waals surface area contributed by atoms with Crippen molar-refractivity contribution in [3.63, 3.8) is 0 Å². The van der Waals surface area contributed by atoms with E-state index in [1.807, 2.05) is 30.3 Å². The van der Waals surface area contributed by atoms with Gasteiger partial charge in [0.2, 0.25) is 0 Å². The SMILES string of the molecule is OC1(COc2ccc(/C=C/c3ccccc3)cc2)CN2CCC1CC2.[B]. The Kier molecular flexibility index (Phi) is 5.85. The Morgan fingerprint density at radius 3 is 2.15 bits per heavy atom. The van der Waals surface area contributed by atoms with Crippen molar-refractivity contribution in [1.82, 2.24) is 4.90 Å². The number of rotatable bonds is 5. The lowest BCUT2D eigenvalue weighted by molar-refractivity contribution is -0.131. The van der Waals surface area contributed by atoms with E-state index >= 15 is 0 Å². The standard InChI is InChI=1S/C22H25NO2.B/c24-22(16-23-14-12-20(22)13-15-23)17-25-21-10-8-19(9-11-21)7-6-18-4-2-1-3-5-18;/h1-11,20,24H,12-17H2;/b7-6+;. The summed E-state index contributed by atoms with van der Waals surface area (Å²) < 4.78 is 5.92. The predicted molar refractivity (Wildman–Crippen MR) is 107 cm³/mol. The molecule has 1 N–H and O–H groups in total. The number of nitrogens with zero attached hydrogens (tertiary/aromatic N) is 1. The zero-order valence-electron chi connectivity index (χ0n) is 15.1. The third-order valence-corrected chi connectivity index (χ3v) is 5.48. The molecule has 2 aromatic carbocycles. The van der Waals surface area contributed by atoms with Gasteiger partial charge in [-0.15, -0.1) is 0 Å². The van der Waals surface area contributed by atoms with Gasteiger partial charge in [0.05, 0.1) is 0 Å². The molecule has 133 valence electrons. The molecule has 26 heavy (non-hydrogen) atoms. The fourth-order valence-corrected chi connectivity index (χ4v) is 3.95. The van der Waals surface area contributed by atoms with Gasteiger partial charge in [0.25, 0.3) is 0 Å². The van der Waals surface area contributed by atoms with Crippen molar-refractivity contribution >= 4 is 20.6 Å². The minimum Gasteiger partial charge on any atom is -0.491 e. The number of ether oxygens (including phenoxy) is 1. The van der Waals surface area contributed by atoms with Gasteiger partial charge in [-0.25, -0.2) is 0 Å². The summed E-state index contributed by atoms with van der Waals surface area (Å²) in [7, 11) is 0. The number of piperidine rings is 3. The molecule has 0 amide bonds. The molecule has 3 aliphatic rings. The van der Waals surface area contributed by atoms with Gasteiger partial charge >= 0.3 is 0 Å². The lowest BCUT2D eigenvalue weighted by Crippen LogP contribution is -2.61. The van der Waals surface area contributed by atoms with Crippen LogP contribution in [0.15, 0.2) is 54.6 Å². The van der Waals surface area contributed by atoms with Gasteiger partial charge in [0, 0.05) is 15.0 Å². The number of hydrogen-bond donors (Lipinski definition) is 1. The van der Waals surface area contributed by atoms with Crippen LogP contribution in [0.4, 0.5) is 0 Å². The summed E-state index contributed by atoms with van der Waals surface area (Å²) >= 11 is 0. The molecule has 1 unspecified atom stereocenters. The lowest BCUT2D eigenvalue weighted by atomic mass is 9.76. The monoisotopic (exact) mass is 346 g/mol. The van der Waals surface area contributed by atoms with Crippen LogP contribution in [0.2, 0.25) is 0 Å². The van der Waals surface area contributed by atoms with Gasteiger partial charge in [0.1, 0.15) is 18.0 Å². The minimum atomic E-state index is -0.692. The van der Waals surface area contributed by atoms with Crippen LogP contribution in [0.3, 0.4) is 0 Å². The van der Waals surface area contributed by atoms with Crippen molar-refractivity contribution in [2.45, 2.75) is 18.4 Å². The van der Waals surface area contributed by atoms with Gasteiger partial charge in [-0.05, 0) is 55.1 Å². The molecule has 0 saturated carbocycles. The molecule has 5 rings (SSSR count). The molecule has 3 fully saturated rings. The molecular formula is C22H25BNO2. The van der Waals surface area contributed by atoms with Crippen LogP contribution in [0.25, 0.3) is 12.2 Å². The van der Waals surface area contributed by atoms with E-state index < -0.39 is 5.60 Å². The molecule has 2 aromatic rings. The minimum absolute atomic E-state index is 0. The van der Waals surface area contributed by atoms with Crippen molar-refractivity contribution < 1.29 is 9.84 Å². The highest BCUT2D eigenvalue weighted by atomic mass is 16.5. The van der Waals surface area contributed by atoms with Crippen LogP contribution in [0.5, 0.6) is 5.75 Å². The van der Waals surface area contributed by atoms with Crippen molar-refractivity contribution in [3.8, 4) is 5.75 Å². The average Bonchev–Trinajstić information content (AvgIpc) is 2.67. The topological polar surface area (TPSA) is 32.7 Å². The molecule has 3 heterocycles. The number of hydrogen-bond acceptors (Lipinski definition) is 3. The van der Waals surface area contributed by atoms with Crippen LogP contribution in [-0.2, 0) is 0 Å². The highest BCUT2D eigenvalue weighted by Crippen LogP contribution is 2.36. The van der Waals surface area contributed by atoms with Crippen LogP contribution in [0, 0.1) is 5.92 Å². The van der Waals surface area contributed by atoms with E-state index in [1.165, 1.54) is 5.56 Å². The summed E-state index contributed by atoms with van der Waals surface area (Å²) in [6.45, 7) is 3.37. The second-order valence-electron chi connectivity index (χ2n) is 7.26. The van der Waals surface area contributed by atoms with Crippen LogP contribution < -0.4 is 4.74 Å². The molecule has 0 aliphatic carbocycles. The second-order valence-corrected chi connectivity index (χ2v) is 7.26. The predicted octanol–water partition coefficient (Wildman–Crippen LogP) is 3.31. The maximum Gasteiger partial charge on any atom is 0.119 e. The molecule has 4 heteroatoms. The Bertz CT molecular complexity index is 724. The number of aliphatic hydroxyl groups is 1. The number of fused-ring (bicyclic) bond motifs is 3. The lowest BCUT2D eigenvalue weighted by Gasteiger charge is -2.49. The van der Waals surface area contributed by atoms with Crippen LogP contribution in [-0.4, -0.2) is 50.3 Å². The maximum absolute atomic E-state index is 10.9. The number of benzene rings is 2. The summed E-state index contributed by atoms with van der Waals surface area (Å²) in [4.78, 5) is 2.35. The van der Waals surface area contributed by atoms with Crippen molar-refractivity contribution in [3.05, 3.63) is 65.7 Å². The van der Waals surface area contributed by atoms with Crippen molar-refractivity contribution in [1.29, 1.82) is 0 Å². The Labute approximate surface area is 157 Å². The van der Waals surface area contributed by atoms with Crippen LogP contribution >= 0.6 is 0 Å². The van der Waals surface area contributed by atoms with Gasteiger partial charge in [-0.3, -0.25) is 0 Å². The Balaban J connectivity index is 0.00000196. The smallest absolute Gasteiger partial charge is 0.119 e. The van der Waals surface area contributed by atoms with E-state index in [9.17, 15) is 5.11 Å².